The van der Waals surface area contributed by atoms with E-state index in [9.17, 15) is 9.59 Å². The van der Waals surface area contributed by atoms with Crippen LogP contribution in [0.4, 0.5) is 0 Å². The van der Waals surface area contributed by atoms with Crippen molar-refractivity contribution in [3.05, 3.63) is 58.3 Å². The van der Waals surface area contributed by atoms with Gasteiger partial charge in [0, 0.05) is 49.6 Å². The first-order valence-electron chi connectivity index (χ1n) is 9.74. The minimum atomic E-state index is -0.121. The molecule has 7 heteroatoms. The van der Waals surface area contributed by atoms with E-state index in [1.54, 1.807) is 16.3 Å². The molecule has 1 aromatic carbocycles. The summed E-state index contributed by atoms with van der Waals surface area (Å²) in [5, 5.41) is 6.46. The smallest absolute Gasteiger partial charge is 0.252 e. The van der Waals surface area contributed by atoms with Crippen molar-refractivity contribution in [2.45, 2.75) is 37.8 Å². The molecule has 0 aliphatic carbocycles. The first-order valence-corrected chi connectivity index (χ1v) is 10.7. The highest BCUT2D eigenvalue weighted by atomic mass is 32.1. The van der Waals surface area contributed by atoms with Crippen LogP contribution in [0, 0.1) is 0 Å². The second-order valence-corrected chi connectivity index (χ2v) is 7.94. The number of nitrogens with zero attached hydrogens (tertiary/aromatic N) is 1. The van der Waals surface area contributed by atoms with E-state index in [-0.39, 0.29) is 11.8 Å². The highest BCUT2D eigenvalue weighted by Crippen LogP contribution is 2.23. The highest BCUT2D eigenvalue weighted by Gasteiger charge is 2.24. The van der Waals surface area contributed by atoms with Crippen LogP contribution in [0.15, 0.2) is 47.2 Å². The molecule has 0 bridgehead atoms. The zero-order chi connectivity index (χ0) is 19.8. The summed E-state index contributed by atoms with van der Waals surface area (Å²) in [7, 11) is 1.83. The lowest BCUT2D eigenvalue weighted by Gasteiger charge is -2.18. The number of nitrogens with one attached hydrogen (secondary N) is 3. The molecule has 1 aliphatic rings. The Morgan fingerprint density at radius 2 is 2.04 bits per heavy atom. The third-order valence-electron chi connectivity index (χ3n) is 5.06. The van der Waals surface area contributed by atoms with Crippen molar-refractivity contribution in [2.75, 3.05) is 20.1 Å². The van der Waals surface area contributed by atoms with Crippen LogP contribution in [-0.2, 0) is 4.79 Å². The minimum Gasteiger partial charge on any atom is -0.351 e. The van der Waals surface area contributed by atoms with Gasteiger partial charge in [-0.05, 0) is 36.3 Å². The van der Waals surface area contributed by atoms with E-state index in [1.807, 2.05) is 18.5 Å². The van der Waals surface area contributed by atoms with Gasteiger partial charge in [-0.25, -0.2) is 0 Å². The molecule has 0 spiro atoms. The molecule has 0 radical (unpaired) electrons. The second-order valence-electron chi connectivity index (χ2n) is 7.16. The number of amides is 2. The van der Waals surface area contributed by atoms with Gasteiger partial charge in [-0.1, -0.05) is 30.3 Å². The largest absolute Gasteiger partial charge is 0.351 e. The Labute approximate surface area is 170 Å². The maximum atomic E-state index is 12.2. The molecule has 0 saturated carbocycles. The fourth-order valence-electron chi connectivity index (χ4n) is 3.38. The monoisotopic (exact) mass is 400 g/mol. The van der Waals surface area contributed by atoms with Crippen LogP contribution >= 0.6 is 11.3 Å². The zero-order valence-electron chi connectivity index (χ0n) is 16.2. The Bertz CT molecular complexity index is 751. The zero-order valence-corrected chi connectivity index (χ0v) is 17.0. The summed E-state index contributed by atoms with van der Waals surface area (Å²) in [6.07, 6.45) is 3.34. The first-order chi connectivity index (χ1) is 13.6. The van der Waals surface area contributed by atoms with Gasteiger partial charge in [-0.15, -0.1) is 0 Å². The van der Waals surface area contributed by atoms with Crippen LogP contribution in [0.25, 0.3) is 0 Å². The molecule has 150 valence electrons. The average molecular weight is 401 g/mol. The van der Waals surface area contributed by atoms with E-state index in [0.29, 0.717) is 30.6 Å². The molecule has 1 saturated heterocycles. The Balaban J connectivity index is 1.29. The van der Waals surface area contributed by atoms with E-state index >= 15 is 0 Å². The average Bonchev–Trinajstić information content (AvgIpc) is 3.41. The molecule has 3 rings (SSSR count). The number of thiophene rings is 1. The maximum absolute atomic E-state index is 12.2. The summed E-state index contributed by atoms with van der Waals surface area (Å²) < 4.78 is 0. The number of hydrazine groups is 1. The van der Waals surface area contributed by atoms with Crippen LogP contribution in [0.3, 0.4) is 0 Å². The molecule has 28 heavy (non-hydrogen) atoms. The minimum absolute atomic E-state index is 0.0605. The van der Waals surface area contributed by atoms with Crippen LogP contribution in [0.2, 0.25) is 0 Å². The van der Waals surface area contributed by atoms with Crippen molar-refractivity contribution in [3.8, 4) is 0 Å². The molecule has 3 N–H and O–H groups in total. The molecular weight excluding hydrogens is 372 g/mol. The second kappa shape index (κ2) is 10.4. The molecule has 1 aromatic heterocycles. The van der Waals surface area contributed by atoms with E-state index < -0.39 is 0 Å². The number of carbonyl (C=O) groups is 2. The summed E-state index contributed by atoms with van der Waals surface area (Å²) in [4.78, 5) is 25.8. The normalized spacial score (nSPS) is 18.8. The number of rotatable bonds is 9. The summed E-state index contributed by atoms with van der Waals surface area (Å²) in [6, 6.07) is 13.0. The van der Waals surface area contributed by atoms with Gasteiger partial charge >= 0.3 is 0 Å². The summed E-state index contributed by atoms with van der Waals surface area (Å²) >= 11 is 1.49. The molecular formula is C21H28N4O2S. The SMILES string of the molecule is CN(CCCC1CC(c2ccccc2)NN1)C(=O)CCNC(=O)c1ccsc1. The van der Waals surface area contributed by atoms with E-state index in [1.165, 1.54) is 16.9 Å². The van der Waals surface area contributed by atoms with Crippen molar-refractivity contribution < 1.29 is 9.59 Å². The number of hydrogen-bond acceptors (Lipinski definition) is 5. The van der Waals surface area contributed by atoms with Gasteiger partial charge in [-0.2, -0.15) is 11.3 Å². The fraction of sp³-hybridized carbons (Fsp3) is 0.429. The lowest BCUT2D eigenvalue weighted by atomic mass is 10.00. The van der Waals surface area contributed by atoms with Crippen molar-refractivity contribution in [3.63, 3.8) is 0 Å². The molecule has 2 aromatic rings. The van der Waals surface area contributed by atoms with Crippen molar-refractivity contribution in [1.29, 1.82) is 0 Å². The topological polar surface area (TPSA) is 73.5 Å². The van der Waals surface area contributed by atoms with Crippen LogP contribution in [0.5, 0.6) is 0 Å². The van der Waals surface area contributed by atoms with E-state index in [0.717, 1.165) is 25.8 Å². The van der Waals surface area contributed by atoms with E-state index in [2.05, 4.69) is 40.4 Å². The van der Waals surface area contributed by atoms with Gasteiger partial charge < -0.3 is 10.2 Å². The van der Waals surface area contributed by atoms with Gasteiger partial charge in [-0.3, -0.25) is 20.4 Å². The lowest BCUT2D eigenvalue weighted by molar-refractivity contribution is -0.129. The van der Waals surface area contributed by atoms with Gasteiger partial charge in [0.1, 0.15) is 0 Å². The van der Waals surface area contributed by atoms with Crippen LogP contribution < -0.4 is 16.2 Å². The molecule has 6 nitrogen and oxygen atoms in total. The molecule has 1 fully saturated rings. The van der Waals surface area contributed by atoms with Gasteiger partial charge in [0.25, 0.3) is 5.91 Å². The summed E-state index contributed by atoms with van der Waals surface area (Å²) in [5.41, 5.74) is 8.68. The molecule has 1 aliphatic heterocycles. The number of hydrogen-bond donors (Lipinski definition) is 3. The van der Waals surface area contributed by atoms with Crippen molar-refractivity contribution >= 4 is 23.2 Å². The number of benzene rings is 1. The fourth-order valence-corrected chi connectivity index (χ4v) is 4.02. The molecule has 2 atom stereocenters. The highest BCUT2D eigenvalue weighted by molar-refractivity contribution is 7.08. The van der Waals surface area contributed by atoms with E-state index in [4.69, 9.17) is 0 Å². The predicted octanol–water partition coefficient (Wildman–Crippen LogP) is 2.71. The Morgan fingerprint density at radius 3 is 2.79 bits per heavy atom. The van der Waals surface area contributed by atoms with Gasteiger partial charge in [0.05, 0.1) is 0 Å². The molecule has 2 unspecified atom stereocenters. The van der Waals surface area contributed by atoms with Crippen molar-refractivity contribution in [2.24, 2.45) is 0 Å². The summed E-state index contributed by atoms with van der Waals surface area (Å²) in [6.45, 7) is 1.09. The molecule has 2 heterocycles. The van der Waals surface area contributed by atoms with Gasteiger partial charge in [0.15, 0.2) is 0 Å². The maximum Gasteiger partial charge on any atom is 0.252 e. The molecule has 2 amide bonds. The Morgan fingerprint density at radius 1 is 1.21 bits per heavy atom. The lowest BCUT2D eigenvalue weighted by Crippen LogP contribution is -2.34. The first kappa shape index (κ1) is 20.5. The van der Waals surface area contributed by atoms with Crippen LogP contribution in [-0.4, -0.2) is 42.9 Å². The third-order valence-corrected chi connectivity index (χ3v) is 5.75. The number of carbonyl (C=O) groups excluding carboxylic acids is 2. The van der Waals surface area contributed by atoms with Crippen molar-refractivity contribution in [1.82, 2.24) is 21.1 Å². The quantitative estimate of drug-likeness (QED) is 0.605. The van der Waals surface area contributed by atoms with Crippen LogP contribution in [0.1, 0.15) is 47.6 Å². The third kappa shape index (κ3) is 5.89. The standard InChI is InChI=1S/C21H28N4O2S/c1-25(20(26)9-11-22-21(27)17-10-13-28-15-17)12-5-8-18-14-19(24-23-18)16-6-3-2-4-7-16/h2-4,6-7,10,13,15,18-19,23-24H,5,8-9,11-12,14H2,1H3,(H,22,27). The Kier molecular flexibility index (Phi) is 7.59. The summed E-state index contributed by atoms with van der Waals surface area (Å²) in [5.74, 6) is -0.0604. The van der Waals surface area contributed by atoms with Gasteiger partial charge in [0.2, 0.25) is 5.91 Å². The Hall–Kier alpha value is -2.22. The predicted molar refractivity (Wildman–Crippen MR) is 112 cm³/mol.